The third-order valence-electron chi connectivity index (χ3n) is 6.83. The number of hydrogen-bond donors (Lipinski definition) is 0. The molecular weight excluding hydrogens is 440 g/mol. The van der Waals surface area contributed by atoms with Crippen LogP contribution in [0, 0.1) is 11.3 Å². The third kappa shape index (κ3) is 5.31. The number of carbonyl (C=O) groups excluding carboxylic acids is 1. The Labute approximate surface area is 207 Å². The Balaban J connectivity index is 1.32. The first kappa shape index (κ1) is 23.7. The molecule has 0 unspecified atom stereocenters. The van der Waals surface area contributed by atoms with Crippen molar-refractivity contribution in [1.29, 1.82) is 0 Å². The molecule has 2 aliphatic heterocycles. The van der Waals surface area contributed by atoms with Crippen molar-refractivity contribution in [2.24, 2.45) is 11.3 Å². The normalized spacial score (nSPS) is 16.8. The molecule has 2 aliphatic rings. The van der Waals surface area contributed by atoms with Crippen LogP contribution in [-0.4, -0.2) is 65.4 Å². The van der Waals surface area contributed by atoms with Gasteiger partial charge in [0.25, 0.3) is 0 Å². The molecule has 1 aromatic heterocycles. The molecule has 3 aromatic rings. The highest BCUT2D eigenvalue weighted by Gasteiger charge is 2.48. The Morgan fingerprint density at radius 3 is 2.54 bits per heavy atom. The van der Waals surface area contributed by atoms with E-state index in [1.54, 1.807) is 11.8 Å². The number of rotatable bonds is 10. The molecular formula is C28H34N4O3. The van der Waals surface area contributed by atoms with E-state index >= 15 is 0 Å². The Hall–Kier alpha value is -3.03. The van der Waals surface area contributed by atoms with Gasteiger partial charge in [-0.25, -0.2) is 9.67 Å². The summed E-state index contributed by atoms with van der Waals surface area (Å²) in [6, 6.07) is 16.2. The zero-order valence-electron chi connectivity index (χ0n) is 20.9. The van der Waals surface area contributed by atoms with Crippen LogP contribution in [0.2, 0.25) is 0 Å². The summed E-state index contributed by atoms with van der Waals surface area (Å²) < 4.78 is 12.5. The number of hydrogen-bond acceptors (Lipinski definition) is 6. The first-order chi connectivity index (χ1) is 16.9. The van der Waals surface area contributed by atoms with Crippen LogP contribution < -0.4 is 4.74 Å². The van der Waals surface area contributed by atoms with Gasteiger partial charge in [0, 0.05) is 42.6 Å². The molecule has 0 atom stereocenters. The Bertz CT molecular complexity index is 1170. The van der Waals surface area contributed by atoms with Crippen molar-refractivity contribution >= 4 is 5.78 Å². The van der Waals surface area contributed by atoms with Crippen LogP contribution in [0.1, 0.15) is 25.8 Å². The predicted octanol–water partition coefficient (Wildman–Crippen LogP) is 4.11. The van der Waals surface area contributed by atoms with Crippen molar-refractivity contribution in [3.63, 3.8) is 0 Å². The molecule has 0 amide bonds. The maximum Gasteiger partial charge on any atom is 0.181 e. The van der Waals surface area contributed by atoms with E-state index in [2.05, 4.69) is 43.0 Å². The summed E-state index contributed by atoms with van der Waals surface area (Å²) in [6.07, 6.45) is 1.55. The van der Waals surface area contributed by atoms with Crippen molar-refractivity contribution in [3.05, 3.63) is 54.1 Å². The van der Waals surface area contributed by atoms with Gasteiger partial charge in [-0.2, -0.15) is 0 Å². The molecule has 2 saturated heterocycles. The van der Waals surface area contributed by atoms with Gasteiger partial charge in [0.05, 0.1) is 20.3 Å². The van der Waals surface area contributed by atoms with Crippen LogP contribution in [-0.2, 0) is 22.5 Å². The van der Waals surface area contributed by atoms with E-state index in [0.717, 1.165) is 56.1 Å². The maximum atomic E-state index is 12.6. The highest BCUT2D eigenvalue weighted by Crippen LogP contribution is 2.37. The summed E-state index contributed by atoms with van der Waals surface area (Å²) >= 11 is 0. The maximum absolute atomic E-state index is 12.6. The molecule has 7 nitrogen and oxygen atoms in total. The minimum absolute atomic E-state index is 0.150. The smallest absolute Gasteiger partial charge is 0.181 e. The number of ether oxygens (including phenoxy) is 2. The van der Waals surface area contributed by atoms with Gasteiger partial charge in [-0.1, -0.05) is 50.2 Å². The number of Topliss-reactive ketones (excluding diaryl/α,β-unsaturated/α-hetero) is 1. The van der Waals surface area contributed by atoms with Gasteiger partial charge in [0.1, 0.15) is 12.3 Å². The number of benzene rings is 2. The fourth-order valence-corrected chi connectivity index (χ4v) is 4.98. The number of carbonyl (C=O) groups is 1. The summed E-state index contributed by atoms with van der Waals surface area (Å²) in [5.41, 5.74) is 3.59. The Morgan fingerprint density at radius 2 is 1.89 bits per heavy atom. The monoisotopic (exact) mass is 474 g/mol. The van der Waals surface area contributed by atoms with E-state index in [9.17, 15) is 4.79 Å². The molecule has 2 aromatic carbocycles. The lowest BCUT2D eigenvalue weighted by molar-refractivity contribution is -0.188. The van der Waals surface area contributed by atoms with Gasteiger partial charge in [0.2, 0.25) is 0 Å². The van der Waals surface area contributed by atoms with Gasteiger partial charge in [-0.15, -0.1) is 5.10 Å². The number of methoxy groups -OCH3 is 1. The van der Waals surface area contributed by atoms with Crippen LogP contribution in [0.15, 0.2) is 48.5 Å². The molecule has 2 fully saturated rings. The lowest BCUT2D eigenvalue weighted by Gasteiger charge is -2.55. The number of likely N-dealkylation sites (tertiary alicyclic amines) is 1. The highest BCUT2D eigenvalue weighted by molar-refractivity contribution is 5.79. The molecule has 184 valence electrons. The number of nitrogens with zero attached hydrogens (tertiary/aromatic N) is 4. The minimum atomic E-state index is 0.150. The number of ketones is 1. The van der Waals surface area contributed by atoms with Gasteiger partial charge in [0.15, 0.2) is 17.4 Å². The molecule has 5 rings (SSSR count). The zero-order chi connectivity index (χ0) is 24.4. The van der Waals surface area contributed by atoms with E-state index in [0.29, 0.717) is 29.4 Å². The third-order valence-corrected chi connectivity index (χ3v) is 6.83. The van der Waals surface area contributed by atoms with E-state index in [-0.39, 0.29) is 12.3 Å². The molecule has 0 saturated carbocycles. The topological polar surface area (TPSA) is 69.5 Å². The standard InChI is InChI=1S/C28H34N4O3/c1-20(2)13-24(33)15-32-27(23-5-4-6-25(14-23)34-3)29-26(30-32)22-9-7-21(8-10-22)11-12-31-16-28(17-31)18-35-19-28/h4-10,14,20H,11-13,15-19H2,1-3H3. The average Bonchev–Trinajstić information content (AvgIpc) is 3.20. The van der Waals surface area contributed by atoms with Crippen molar-refractivity contribution in [3.8, 4) is 28.5 Å². The largest absolute Gasteiger partial charge is 0.497 e. The second-order valence-corrected chi connectivity index (χ2v) is 10.4. The summed E-state index contributed by atoms with van der Waals surface area (Å²) in [5, 5.41) is 4.74. The lowest BCUT2D eigenvalue weighted by atomic mass is 9.78. The SMILES string of the molecule is COc1cccc(-c2nc(-c3ccc(CCN4CC5(COC5)C4)cc3)nn2CC(=O)CC(C)C)c1. The lowest BCUT2D eigenvalue weighted by Crippen LogP contribution is -2.66. The molecule has 3 heterocycles. The van der Waals surface area contributed by atoms with E-state index < -0.39 is 0 Å². The van der Waals surface area contributed by atoms with Crippen molar-refractivity contribution in [2.75, 3.05) is 40.0 Å². The van der Waals surface area contributed by atoms with E-state index in [1.165, 1.54) is 5.56 Å². The molecule has 0 radical (unpaired) electrons. The van der Waals surface area contributed by atoms with Gasteiger partial charge in [-0.05, 0) is 30.0 Å². The summed E-state index contributed by atoms with van der Waals surface area (Å²) in [4.78, 5) is 20.0. The van der Waals surface area contributed by atoms with Crippen molar-refractivity contribution in [2.45, 2.75) is 33.2 Å². The Kier molecular flexibility index (Phi) is 6.71. The van der Waals surface area contributed by atoms with Crippen LogP contribution in [0.4, 0.5) is 0 Å². The van der Waals surface area contributed by atoms with Crippen LogP contribution in [0.3, 0.4) is 0 Å². The van der Waals surface area contributed by atoms with Gasteiger partial charge in [-0.3, -0.25) is 4.79 Å². The van der Waals surface area contributed by atoms with E-state index in [1.807, 2.05) is 24.3 Å². The second kappa shape index (κ2) is 9.91. The van der Waals surface area contributed by atoms with Gasteiger partial charge >= 0.3 is 0 Å². The van der Waals surface area contributed by atoms with Crippen LogP contribution in [0.25, 0.3) is 22.8 Å². The molecule has 7 heteroatoms. The number of aromatic nitrogens is 3. The molecule has 1 spiro atoms. The fraction of sp³-hybridized carbons (Fsp3) is 0.464. The summed E-state index contributed by atoms with van der Waals surface area (Å²) in [6.45, 7) is 9.57. The zero-order valence-corrected chi connectivity index (χ0v) is 20.9. The molecule has 35 heavy (non-hydrogen) atoms. The van der Waals surface area contributed by atoms with Crippen LogP contribution in [0.5, 0.6) is 5.75 Å². The molecule has 0 bridgehead atoms. The molecule has 0 N–H and O–H groups in total. The van der Waals surface area contributed by atoms with Gasteiger partial charge < -0.3 is 14.4 Å². The van der Waals surface area contributed by atoms with Crippen molar-refractivity contribution in [1.82, 2.24) is 19.7 Å². The first-order valence-electron chi connectivity index (χ1n) is 12.4. The van der Waals surface area contributed by atoms with Crippen LogP contribution >= 0.6 is 0 Å². The quantitative estimate of drug-likeness (QED) is 0.441. The summed E-state index contributed by atoms with van der Waals surface area (Å²) in [7, 11) is 1.64. The second-order valence-electron chi connectivity index (χ2n) is 10.4. The van der Waals surface area contributed by atoms with Crippen molar-refractivity contribution < 1.29 is 14.3 Å². The predicted molar refractivity (Wildman–Crippen MR) is 135 cm³/mol. The van der Waals surface area contributed by atoms with E-state index in [4.69, 9.17) is 19.6 Å². The average molecular weight is 475 g/mol. The minimum Gasteiger partial charge on any atom is -0.497 e. The fourth-order valence-electron chi connectivity index (χ4n) is 4.98. The highest BCUT2D eigenvalue weighted by atomic mass is 16.5. The first-order valence-corrected chi connectivity index (χ1v) is 12.4. The summed E-state index contributed by atoms with van der Waals surface area (Å²) in [5.74, 6) is 2.50. The molecule has 0 aliphatic carbocycles. The Morgan fingerprint density at radius 1 is 1.11 bits per heavy atom.